The van der Waals surface area contributed by atoms with Crippen LogP contribution in [0.2, 0.25) is 0 Å². The number of phenolic OH excluding ortho intramolecular Hbond substituents is 1. The smallest absolute Gasteiger partial charge is 0.342 e. The summed E-state index contributed by atoms with van der Waals surface area (Å²) in [6.45, 7) is 1.73. The molecule has 0 unspecified atom stereocenters. The average molecular weight is 505 g/mol. The molecular weight excluding hydrogens is 479 g/mol. The number of ketones is 1. The zero-order chi connectivity index (χ0) is 23.1. The predicted octanol–water partition coefficient (Wildman–Crippen LogP) is 6.35. The molecule has 1 atom stereocenters. The van der Waals surface area contributed by atoms with Gasteiger partial charge in [-0.15, -0.1) is 0 Å². The second kappa shape index (κ2) is 11.3. The van der Waals surface area contributed by atoms with Crippen molar-refractivity contribution < 1.29 is 28.6 Å². The molecule has 5 nitrogen and oxygen atoms in total. The lowest BCUT2D eigenvalue weighted by Gasteiger charge is -2.16. The van der Waals surface area contributed by atoms with Crippen molar-refractivity contribution in [3.8, 4) is 11.5 Å². The van der Waals surface area contributed by atoms with Crippen molar-refractivity contribution in [2.45, 2.75) is 58.2 Å². The van der Waals surface area contributed by atoms with Gasteiger partial charge in [-0.2, -0.15) is 0 Å². The summed E-state index contributed by atoms with van der Waals surface area (Å²) >= 11 is 3.22. The molecule has 0 fully saturated rings. The Morgan fingerprint density at radius 2 is 1.97 bits per heavy atom. The summed E-state index contributed by atoms with van der Waals surface area (Å²) < 4.78 is 25.9. The number of allylic oxidation sites excluding steroid dienone is 1. The van der Waals surface area contributed by atoms with Crippen molar-refractivity contribution in [1.29, 1.82) is 0 Å². The number of hydrogen-bond donors (Lipinski definition) is 1. The Kier molecular flexibility index (Phi) is 8.45. The Balaban J connectivity index is 1.86. The zero-order valence-electron chi connectivity index (χ0n) is 17.9. The maximum atomic E-state index is 14.1. The third-order valence-corrected chi connectivity index (χ3v) is 5.73. The number of Topliss-reactive ketones (excluding diaryl/α,β-unsaturated/α-hetero) is 1. The summed E-state index contributed by atoms with van der Waals surface area (Å²) in [5, 5.41) is 10.6. The average Bonchev–Trinajstić information content (AvgIpc) is 2.72. The minimum atomic E-state index is -0.636. The number of fused-ring (bicyclic) bond motifs is 1. The molecule has 2 aromatic rings. The molecule has 0 spiro atoms. The maximum Gasteiger partial charge on any atom is 0.342 e. The Hall–Kier alpha value is -2.67. The van der Waals surface area contributed by atoms with E-state index in [0.717, 1.165) is 6.42 Å². The van der Waals surface area contributed by atoms with Crippen LogP contribution in [0.15, 0.2) is 40.9 Å². The molecule has 1 heterocycles. The van der Waals surface area contributed by atoms with Gasteiger partial charge in [-0.3, -0.25) is 4.79 Å². The number of carbonyl (C=O) groups is 2. The van der Waals surface area contributed by atoms with Gasteiger partial charge in [0, 0.05) is 28.9 Å². The number of rotatable bonds is 3. The second-order valence-electron chi connectivity index (χ2n) is 7.87. The highest BCUT2D eigenvalue weighted by Crippen LogP contribution is 2.31. The van der Waals surface area contributed by atoms with Crippen molar-refractivity contribution in [2.75, 3.05) is 0 Å². The number of ether oxygens (including phenoxy) is 2. The molecule has 0 amide bonds. The molecule has 0 aromatic heterocycles. The van der Waals surface area contributed by atoms with Crippen LogP contribution in [0.3, 0.4) is 0 Å². The topological polar surface area (TPSA) is 72.8 Å². The number of esters is 1. The Morgan fingerprint density at radius 3 is 2.75 bits per heavy atom. The monoisotopic (exact) mass is 504 g/mol. The number of benzene rings is 2. The first-order valence-electron chi connectivity index (χ1n) is 10.7. The van der Waals surface area contributed by atoms with Gasteiger partial charge in [-0.05, 0) is 56.4 Å². The Labute approximate surface area is 195 Å². The number of aromatic hydroxyl groups is 1. The summed E-state index contributed by atoms with van der Waals surface area (Å²) in [5.41, 5.74) is 0.862. The standard InChI is InChI=1S/C25H26BrFO5/c1-16-6-5-9-20(28)8-4-2-3-7-17-12-21(14-23(29)24(17)25(30)32-16)31-15-18-10-11-19(26)13-22(18)27/h3,7,10-14,16,29H,2,4-6,8-9,15H2,1H3/t16-/m1/s1. The normalized spacial score (nSPS) is 17.9. The van der Waals surface area contributed by atoms with Gasteiger partial charge in [0.1, 0.15) is 35.3 Å². The van der Waals surface area contributed by atoms with Crippen molar-refractivity contribution >= 4 is 33.8 Å². The van der Waals surface area contributed by atoms with E-state index in [9.17, 15) is 19.1 Å². The van der Waals surface area contributed by atoms with Crippen LogP contribution in [-0.2, 0) is 16.1 Å². The quantitative estimate of drug-likeness (QED) is 0.492. The molecule has 0 bridgehead atoms. The molecule has 3 rings (SSSR count). The molecule has 7 heteroatoms. The van der Waals surface area contributed by atoms with E-state index < -0.39 is 11.8 Å². The highest BCUT2D eigenvalue weighted by molar-refractivity contribution is 9.10. The largest absolute Gasteiger partial charge is 0.507 e. The molecule has 0 radical (unpaired) electrons. The van der Waals surface area contributed by atoms with Crippen molar-refractivity contribution in [3.63, 3.8) is 0 Å². The van der Waals surface area contributed by atoms with E-state index >= 15 is 0 Å². The van der Waals surface area contributed by atoms with Gasteiger partial charge in [0.05, 0.1) is 6.10 Å². The number of hydrogen-bond acceptors (Lipinski definition) is 5. The fourth-order valence-corrected chi connectivity index (χ4v) is 3.83. The van der Waals surface area contributed by atoms with E-state index in [1.807, 2.05) is 6.08 Å². The Bertz CT molecular complexity index is 1020. The molecule has 32 heavy (non-hydrogen) atoms. The van der Waals surface area contributed by atoms with Crippen LogP contribution in [-0.4, -0.2) is 23.0 Å². The number of cyclic esters (lactones) is 1. The molecule has 0 aliphatic carbocycles. The van der Waals surface area contributed by atoms with Gasteiger partial charge in [-0.1, -0.05) is 34.1 Å². The SMILES string of the molecule is C[C@@H]1CCCC(=O)CCCC=Cc2cc(OCc3ccc(Br)cc3F)cc(O)c2C(=O)O1. The fraction of sp³-hybridized carbons (Fsp3) is 0.360. The fourth-order valence-electron chi connectivity index (χ4n) is 3.50. The predicted molar refractivity (Wildman–Crippen MR) is 123 cm³/mol. The molecule has 170 valence electrons. The summed E-state index contributed by atoms with van der Waals surface area (Å²) in [6, 6.07) is 7.62. The third-order valence-electron chi connectivity index (χ3n) is 5.23. The van der Waals surface area contributed by atoms with Gasteiger partial charge in [-0.25, -0.2) is 9.18 Å². The van der Waals surface area contributed by atoms with E-state index in [0.29, 0.717) is 53.5 Å². The second-order valence-corrected chi connectivity index (χ2v) is 8.79. The minimum absolute atomic E-state index is 0.0371. The van der Waals surface area contributed by atoms with E-state index in [1.54, 1.807) is 31.2 Å². The molecular formula is C25H26BrFO5. The van der Waals surface area contributed by atoms with Gasteiger partial charge in [0.25, 0.3) is 0 Å². The molecule has 0 saturated carbocycles. The van der Waals surface area contributed by atoms with Crippen molar-refractivity contribution in [2.24, 2.45) is 0 Å². The number of carbonyl (C=O) groups excluding carboxylic acids is 2. The molecule has 1 aliphatic heterocycles. The van der Waals surface area contributed by atoms with E-state index in [4.69, 9.17) is 9.47 Å². The van der Waals surface area contributed by atoms with E-state index in [-0.39, 0.29) is 29.8 Å². The van der Waals surface area contributed by atoms with E-state index in [1.165, 1.54) is 12.1 Å². The zero-order valence-corrected chi connectivity index (χ0v) is 19.5. The maximum absolute atomic E-state index is 14.1. The van der Waals surface area contributed by atoms with Gasteiger partial charge in [0.15, 0.2) is 0 Å². The van der Waals surface area contributed by atoms with Crippen LogP contribution in [0, 0.1) is 5.82 Å². The molecule has 2 aromatic carbocycles. The van der Waals surface area contributed by atoms with Crippen LogP contribution < -0.4 is 4.74 Å². The summed E-state index contributed by atoms with van der Waals surface area (Å²) in [6.07, 6.45) is 6.78. The van der Waals surface area contributed by atoms with Gasteiger partial charge >= 0.3 is 5.97 Å². The Morgan fingerprint density at radius 1 is 1.19 bits per heavy atom. The van der Waals surface area contributed by atoms with Crippen LogP contribution in [0.1, 0.15) is 66.9 Å². The van der Waals surface area contributed by atoms with Crippen LogP contribution in [0.25, 0.3) is 6.08 Å². The summed E-state index contributed by atoms with van der Waals surface area (Å²) in [5.74, 6) is -0.802. The van der Waals surface area contributed by atoms with Crippen LogP contribution >= 0.6 is 15.9 Å². The minimum Gasteiger partial charge on any atom is -0.507 e. The number of halogens is 2. The van der Waals surface area contributed by atoms with Crippen LogP contribution in [0.5, 0.6) is 11.5 Å². The first-order valence-corrected chi connectivity index (χ1v) is 11.5. The number of phenols is 1. The molecule has 0 saturated heterocycles. The van der Waals surface area contributed by atoms with E-state index in [2.05, 4.69) is 15.9 Å². The third kappa shape index (κ3) is 6.66. The summed E-state index contributed by atoms with van der Waals surface area (Å²) in [4.78, 5) is 24.7. The highest BCUT2D eigenvalue weighted by Gasteiger charge is 2.21. The lowest BCUT2D eigenvalue weighted by atomic mass is 10.0. The molecule has 1 N–H and O–H groups in total. The van der Waals surface area contributed by atoms with Crippen molar-refractivity contribution in [3.05, 3.63) is 63.4 Å². The highest BCUT2D eigenvalue weighted by atomic mass is 79.9. The lowest BCUT2D eigenvalue weighted by Crippen LogP contribution is -2.17. The summed E-state index contributed by atoms with van der Waals surface area (Å²) in [7, 11) is 0. The lowest BCUT2D eigenvalue weighted by molar-refractivity contribution is -0.119. The van der Waals surface area contributed by atoms with Gasteiger partial charge in [0.2, 0.25) is 0 Å². The molecule has 1 aliphatic rings. The van der Waals surface area contributed by atoms with Crippen LogP contribution in [0.4, 0.5) is 4.39 Å². The first-order chi connectivity index (χ1) is 15.3. The van der Waals surface area contributed by atoms with Crippen molar-refractivity contribution in [1.82, 2.24) is 0 Å². The van der Waals surface area contributed by atoms with Gasteiger partial charge < -0.3 is 14.6 Å². The first kappa shape index (κ1) is 24.0.